The molecule has 1 amide bonds. The number of nitrogens with zero attached hydrogens (tertiary/aromatic N) is 3. The number of carbonyl (C=O) groups excluding carboxylic acids is 1. The van der Waals surface area contributed by atoms with Crippen molar-refractivity contribution >= 4 is 22.4 Å². The zero-order valence-corrected chi connectivity index (χ0v) is 11.0. The minimum Gasteiger partial charge on any atom is -0.391 e. The van der Waals surface area contributed by atoms with Crippen LogP contribution in [0.5, 0.6) is 0 Å². The number of β-amino-alcohol motifs (C(OH)–C–C–N with tert-alkyl or cyclic N) is 1. The molecule has 98 valence electrons. The summed E-state index contributed by atoms with van der Waals surface area (Å²) in [6.45, 7) is 0.359. The fraction of sp³-hybridized carbons (Fsp3) is 0.750. The molecule has 1 unspecified atom stereocenters. The van der Waals surface area contributed by atoms with E-state index in [1.54, 1.807) is 4.90 Å². The van der Waals surface area contributed by atoms with Gasteiger partial charge in [-0.2, -0.15) is 0 Å². The SMILES string of the molecule is O=C1CC(O)CN1c1nnc(C2CCCCC2)s1. The predicted octanol–water partition coefficient (Wildman–Crippen LogP) is 1.68. The van der Waals surface area contributed by atoms with E-state index < -0.39 is 6.10 Å². The first-order chi connectivity index (χ1) is 8.74. The van der Waals surface area contributed by atoms with Gasteiger partial charge in [-0.3, -0.25) is 9.69 Å². The van der Waals surface area contributed by atoms with Crippen LogP contribution in [-0.4, -0.2) is 33.9 Å². The van der Waals surface area contributed by atoms with Crippen molar-refractivity contribution in [2.75, 3.05) is 11.4 Å². The molecular formula is C12H17N3O2S. The number of anilines is 1. The van der Waals surface area contributed by atoms with E-state index in [2.05, 4.69) is 10.2 Å². The van der Waals surface area contributed by atoms with Crippen LogP contribution in [0.2, 0.25) is 0 Å². The van der Waals surface area contributed by atoms with Gasteiger partial charge >= 0.3 is 0 Å². The van der Waals surface area contributed by atoms with Gasteiger partial charge in [-0.25, -0.2) is 0 Å². The lowest BCUT2D eigenvalue weighted by Crippen LogP contribution is -2.24. The summed E-state index contributed by atoms with van der Waals surface area (Å²) >= 11 is 1.51. The Hall–Kier alpha value is -1.01. The lowest BCUT2D eigenvalue weighted by atomic mass is 9.90. The predicted molar refractivity (Wildman–Crippen MR) is 68.7 cm³/mol. The van der Waals surface area contributed by atoms with Crippen molar-refractivity contribution < 1.29 is 9.90 Å². The Bertz CT molecular complexity index is 442. The van der Waals surface area contributed by atoms with Crippen LogP contribution < -0.4 is 4.90 Å². The van der Waals surface area contributed by atoms with Crippen LogP contribution in [0.25, 0.3) is 0 Å². The smallest absolute Gasteiger partial charge is 0.231 e. The summed E-state index contributed by atoms with van der Waals surface area (Å²) in [5.41, 5.74) is 0. The van der Waals surface area contributed by atoms with E-state index in [-0.39, 0.29) is 12.3 Å². The van der Waals surface area contributed by atoms with E-state index in [1.165, 1.54) is 43.4 Å². The van der Waals surface area contributed by atoms with Gasteiger partial charge in [0, 0.05) is 5.92 Å². The third-order valence-corrected chi connectivity index (χ3v) is 4.83. The van der Waals surface area contributed by atoms with Gasteiger partial charge in [0.2, 0.25) is 11.0 Å². The highest BCUT2D eigenvalue weighted by atomic mass is 32.1. The van der Waals surface area contributed by atoms with Gasteiger partial charge in [-0.15, -0.1) is 10.2 Å². The van der Waals surface area contributed by atoms with Crippen LogP contribution in [0.3, 0.4) is 0 Å². The molecule has 1 N–H and O–H groups in total. The standard InChI is InChI=1S/C12H17N3O2S/c16-9-6-10(17)15(7-9)12-14-13-11(18-12)8-4-2-1-3-5-8/h8-9,16H,1-7H2. The second kappa shape index (κ2) is 4.93. The van der Waals surface area contributed by atoms with E-state index in [0.717, 1.165) is 5.01 Å². The Morgan fingerprint density at radius 3 is 2.67 bits per heavy atom. The molecule has 0 spiro atoms. The van der Waals surface area contributed by atoms with Gasteiger partial charge in [-0.05, 0) is 12.8 Å². The average molecular weight is 267 g/mol. The first-order valence-corrected chi connectivity index (χ1v) is 7.37. The molecule has 2 heterocycles. The zero-order chi connectivity index (χ0) is 12.5. The van der Waals surface area contributed by atoms with Crippen LogP contribution in [0, 0.1) is 0 Å². The molecule has 1 aromatic heterocycles. The number of hydrogen-bond acceptors (Lipinski definition) is 5. The molecule has 0 bridgehead atoms. The number of aliphatic hydroxyl groups excluding tert-OH is 1. The molecular weight excluding hydrogens is 250 g/mol. The van der Waals surface area contributed by atoms with E-state index >= 15 is 0 Å². The summed E-state index contributed by atoms with van der Waals surface area (Å²) in [6, 6.07) is 0. The van der Waals surface area contributed by atoms with Crippen LogP contribution in [0.4, 0.5) is 5.13 Å². The van der Waals surface area contributed by atoms with Gasteiger partial charge in [0.15, 0.2) is 0 Å². The average Bonchev–Trinajstić information content (AvgIpc) is 2.97. The highest BCUT2D eigenvalue weighted by molar-refractivity contribution is 7.15. The Morgan fingerprint density at radius 1 is 1.22 bits per heavy atom. The van der Waals surface area contributed by atoms with Crippen LogP contribution in [-0.2, 0) is 4.79 Å². The molecule has 5 nitrogen and oxygen atoms in total. The van der Waals surface area contributed by atoms with Crippen molar-refractivity contribution in [2.24, 2.45) is 0 Å². The van der Waals surface area contributed by atoms with Gasteiger partial charge in [-0.1, -0.05) is 30.6 Å². The topological polar surface area (TPSA) is 66.3 Å². The van der Waals surface area contributed by atoms with Gasteiger partial charge < -0.3 is 5.11 Å². The first kappa shape index (κ1) is 12.0. The normalized spacial score (nSPS) is 25.9. The second-order valence-corrected chi connectivity index (χ2v) is 6.11. The van der Waals surface area contributed by atoms with Crippen LogP contribution in [0.1, 0.15) is 49.5 Å². The minimum absolute atomic E-state index is 0.0474. The molecule has 1 aliphatic heterocycles. The molecule has 1 saturated heterocycles. The number of aliphatic hydroxyl groups is 1. The molecule has 2 fully saturated rings. The molecule has 1 saturated carbocycles. The molecule has 1 atom stereocenters. The first-order valence-electron chi connectivity index (χ1n) is 6.56. The number of aromatic nitrogens is 2. The van der Waals surface area contributed by atoms with E-state index in [9.17, 15) is 9.90 Å². The summed E-state index contributed by atoms with van der Waals surface area (Å²) in [5, 5.41) is 19.5. The number of hydrogen-bond donors (Lipinski definition) is 1. The summed E-state index contributed by atoms with van der Waals surface area (Å²) in [7, 11) is 0. The quantitative estimate of drug-likeness (QED) is 0.885. The third kappa shape index (κ3) is 2.27. The van der Waals surface area contributed by atoms with E-state index in [1.807, 2.05) is 0 Å². The van der Waals surface area contributed by atoms with E-state index in [4.69, 9.17) is 0 Å². The fourth-order valence-electron chi connectivity index (χ4n) is 2.72. The zero-order valence-electron chi connectivity index (χ0n) is 10.2. The van der Waals surface area contributed by atoms with Gasteiger partial charge in [0.1, 0.15) is 5.01 Å². The summed E-state index contributed by atoms with van der Waals surface area (Å²) < 4.78 is 0. The van der Waals surface area contributed by atoms with Crippen molar-refractivity contribution in [3.05, 3.63) is 5.01 Å². The Morgan fingerprint density at radius 2 is 2.00 bits per heavy atom. The van der Waals surface area contributed by atoms with E-state index in [0.29, 0.717) is 17.6 Å². The molecule has 0 aromatic carbocycles. The minimum atomic E-state index is -0.556. The molecule has 3 rings (SSSR count). The van der Waals surface area contributed by atoms with Gasteiger partial charge in [0.25, 0.3) is 0 Å². The number of carbonyl (C=O) groups is 1. The molecule has 2 aliphatic rings. The van der Waals surface area contributed by atoms with Crippen molar-refractivity contribution in [3.63, 3.8) is 0 Å². The summed E-state index contributed by atoms with van der Waals surface area (Å²) in [4.78, 5) is 13.2. The van der Waals surface area contributed by atoms with Crippen molar-refractivity contribution in [1.29, 1.82) is 0 Å². The summed E-state index contributed by atoms with van der Waals surface area (Å²) in [5.74, 6) is 0.474. The lowest BCUT2D eigenvalue weighted by Gasteiger charge is -2.18. The summed E-state index contributed by atoms with van der Waals surface area (Å²) in [6.07, 6.45) is 5.87. The third-order valence-electron chi connectivity index (χ3n) is 3.72. The highest BCUT2D eigenvalue weighted by Crippen LogP contribution is 2.36. The maximum absolute atomic E-state index is 11.7. The van der Waals surface area contributed by atoms with Crippen molar-refractivity contribution in [2.45, 2.75) is 50.5 Å². The Kier molecular flexibility index (Phi) is 3.30. The number of amides is 1. The largest absolute Gasteiger partial charge is 0.391 e. The molecule has 18 heavy (non-hydrogen) atoms. The van der Waals surface area contributed by atoms with Crippen molar-refractivity contribution in [3.8, 4) is 0 Å². The van der Waals surface area contributed by atoms with Crippen LogP contribution in [0.15, 0.2) is 0 Å². The monoisotopic (exact) mass is 267 g/mol. The van der Waals surface area contributed by atoms with Gasteiger partial charge in [0.05, 0.1) is 19.1 Å². The number of rotatable bonds is 2. The highest BCUT2D eigenvalue weighted by Gasteiger charge is 2.32. The molecule has 0 radical (unpaired) electrons. The molecule has 6 heteroatoms. The maximum atomic E-state index is 11.7. The Labute approximate surface area is 110 Å². The molecule has 1 aliphatic carbocycles. The Balaban J connectivity index is 1.74. The molecule has 1 aromatic rings. The fourth-order valence-corrected chi connectivity index (χ4v) is 3.76. The second-order valence-electron chi connectivity index (χ2n) is 5.12. The van der Waals surface area contributed by atoms with Crippen molar-refractivity contribution in [1.82, 2.24) is 10.2 Å². The van der Waals surface area contributed by atoms with Crippen LogP contribution >= 0.6 is 11.3 Å². The maximum Gasteiger partial charge on any atom is 0.231 e. The lowest BCUT2D eigenvalue weighted by molar-refractivity contribution is -0.117.